The van der Waals surface area contributed by atoms with E-state index >= 15 is 0 Å². The highest BCUT2D eigenvalue weighted by Gasteiger charge is 2.29. The third kappa shape index (κ3) is 3.19. The van der Waals surface area contributed by atoms with Crippen molar-refractivity contribution in [2.45, 2.75) is 44.6 Å². The molecule has 2 aliphatic rings. The van der Waals surface area contributed by atoms with Crippen LogP contribution in [0, 0.1) is 0 Å². The van der Waals surface area contributed by atoms with E-state index < -0.39 is 0 Å². The molecule has 1 unspecified atom stereocenters. The molecule has 1 N–H and O–H groups in total. The van der Waals surface area contributed by atoms with Crippen LogP contribution in [0.4, 0.5) is 0 Å². The highest BCUT2D eigenvalue weighted by atomic mass is 16.5. The molecule has 0 radical (unpaired) electrons. The smallest absolute Gasteiger partial charge is 0.0594 e. The summed E-state index contributed by atoms with van der Waals surface area (Å²) in [4.78, 5) is 2.55. The standard InChI is InChI=1S/C13H26N2O/c1-2-13(5-3-4-7-14-13)6-8-15-9-11-16-12-10-15/h14H,2-12H2,1H3. The van der Waals surface area contributed by atoms with E-state index in [2.05, 4.69) is 17.1 Å². The van der Waals surface area contributed by atoms with Crippen LogP contribution in [0.5, 0.6) is 0 Å². The summed E-state index contributed by atoms with van der Waals surface area (Å²) >= 11 is 0. The average molecular weight is 226 g/mol. The molecule has 0 aromatic heterocycles. The molecule has 0 saturated carbocycles. The zero-order valence-corrected chi connectivity index (χ0v) is 10.6. The Morgan fingerprint density at radius 3 is 2.69 bits per heavy atom. The van der Waals surface area contributed by atoms with Crippen molar-refractivity contribution in [3.63, 3.8) is 0 Å². The van der Waals surface area contributed by atoms with Crippen LogP contribution in [0.3, 0.4) is 0 Å². The van der Waals surface area contributed by atoms with E-state index in [4.69, 9.17) is 4.74 Å². The predicted molar refractivity (Wildman–Crippen MR) is 66.8 cm³/mol. The molecule has 1 atom stereocenters. The Hall–Kier alpha value is -0.120. The second-order valence-corrected chi connectivity index (χ2v) is 5.22. The highest BCUT2D eigenvalue weighted by molar-refractivity contribution is 4.90. The fraction of sp³-hybridized carbons (Fsp3) is 1.00. The van der Waals surface area contributed by atoms with Crippen molar-refractivity contribution in [2.24, 2.45) is 0 Å². The van der Waals surface area contributed by atoms with Crippen LogP contribution in [0.1, 0.15) is 39.0 Å². The van der Waals surface area contributed by atoms with Gasteiger partial charge in [0.2, 0.25) is 0 Å². The van der Waals surface area contributed by atoms with Gasteiger partial charge in [0.15, 0.2) is 0 Å². The van der Waals surface area contributed by atoms with Gasteiger partial charge in [-0.2, -0.15) is 0 Å². The molecule has 0 amide bonds. The lowest BCUT2D eigenvalue weighted by atomic mass is 9.83. The predicted octanol–water partition coefficient (Wildman–Crippen LogP) is 1.63. The first kappa shape index (κ1) is 12.3. The van der Waals surface area contributed by atoms with Gasteiger partial charge in [0.25, 0.3) is 0 Å². The summed E-state index contributed by atoms with van der Waals surface area (Å²) in [5.74, 6) is 0. The maximum absolute atomic E-state index is 5.39. The van der Waals surface area contributed by atoms with E-state index in [1.54, 1.807) is 0 Å². The largest absolute Gasteiger partial charge is 0.379 e. The Kier molecular flexibility index (Phi) is 4.62. The van der Waals surface area contributed by atoms with Crippen molar-refractivity contribution in [3.8, 4) is 0 Å². The van der Waals surface area contributed by atoms with Crippen molar-refractivity contribution in [2.75, 3.05) is 39.4 Å². The van der Waals surface area contributed by atoms with Gasteiger partial charge in [-0.15, -0.1) is 0 Å². The summed E-state index contributed by atoms with van der Waals surface area (Å²) in [5.41, 5.74) is 0.441. The van der Waals surface area contributed by atoms with Gasteiger partial charge in [0.05, 0.1) is 13.2 Å². The molecule has 2 rings (SSSR count). The van der Waals surface area contributed by atoms with Crippen LogP contribution >= 0.6 is 0 Å². The van der Waals surface area contributed by atoms with Gasteiger partial charge >= 0.3 is 0 Å². The number of morpholine rings is 1. The van der Waals surface area contributed by atoms with E-state index in [0.29, 0.717) is 5.54 Å². The molecule has 2 saturated heterocycles. The number of nitrogens with one attached hydrogen (secondary N) is 1. The quantitative estimate of drug-likeness (QED) is 0.788. The van der Waals surface area contributed by atoms with Gasteiger partial charge in [-0.05, 0) is 32.2 Å². The van der Waals surface area contributed by atoms with Crippen molar-refractivity contribution < 1.29 is 4.74 Å². The Morgan fingerprint density at radius 2 is 2.06 bits per heavy atom. The average Bonchev–Trinajstić information content (AvgIpc) is 2.39. The van der Waals surface area contributed by atoms with Gasteiger partial charge in [-0.25, -0.2) is 0 Å². The Labute approximate surface area is 99.5 Å². The van der Waals surface area contributed by atoms with Crippen LogP contribution in [-0.4, -0.2) is 49.8 Å². The van der Waals surface area contributed by atoms with E-state index in [1.165, 1.54) is 45.2 Å². The lowest BCUT2D eigenvalue weighted by molar-refractivity contribution is 0.0319. The van der Waals surface area contributed by atoms with Gasteiger partial charge in [-0.3, -0.25) is 4.90 Å². The molecule has 3 nitrogen and oxygen atoms in total. The number of rotatable bonds is 4. The molecule has 2 heterocycles. The number of piperidine rings is 1. The monoisotopic (exact) mass is 226 g/mol. The Morgan fingerprint density at radius 1 is 1.25 bits per heavy atom. The summed E-state index contributed by atoms with van der Waals surface area (Å²) in [6.07, 6.45) is 6.72. The molecule has 3 heteroatoms. The lowest BCUT2D eigenvalue weighted by Crippen LogP contribution is -2.50. The Bertz CT molecular complexity index is 196. The molecule has 0 aromatic rings. The maximum Gasteiger partial charge on any atom is 0.0594 e. The molecule has 0 spiro atoms. The highest BCUT2D eigenvalue weighted by Crippen LogP contribution is 2.26. The normalized spacial score (nSPS) is 32.8. The summed E-state index contributed by atoms with van der Waals surface area (Å²) in [6, 6.07) is 0. The van der Waals surface area contributed by atoms with Crippen LogP contribution in [0.25, 0.3) is 0 Å². The Balaban J connectivity index is 1.77. The lowest BCUT2D eigenvalue weighted by Gasteiger charge is -2.40. The van der Waals surface area contributed by atoms with Gasteiger partial charge in [0.1, 0.15) is 0 Å². The second kappa shape index (κ2) is 5.99. The second-order valence-electron chi connectivity index (χ2n) is 5.22. The first-order valence-corrected chi connectivity index (χ1v) is 6.90. The van der Waals surface area contributed by atoms with Crippen LogP contribution in [-0.2, 0) is 4.74 Å². The van der Waals surface area contributed by atoms with Crippen molar-refractivity contribution in [1.29, 1.82) is 0 Å². The molecule has 16 heavy (non-hydrogen) atoms. The molecule has 2 aliphatic heterocycles. The molecular formula is C13H26N2O. The first-order valence-electron chi connectivity index (χ1n) is 6.90. The summed E-state index contributed by atoms with van der Waals surface area (Å²) in [6.45, 7) is 8.89. The zero-order chi connectivity index (χ0) is 11.3. The number of ether oxygens (including phenoxy) is 1. The van der Waals surface area contributed by atoms with Crippen LogP contribution < -0.4 is 5.32 Å². The van der Waals surface area contributed by atoms with E-state index in [-0.39, 0.29) is 0 Å². The minimum atomic E-state index is 0.441. The summed E-state index contributed by atoms with van der Waals surface area (Å²) in [5, 5.41) is 3.76. The van der Waals surface area contributed by atoms with Gasteiger partial charge < -0.3 is 10.1 Å². The third-order valence-electron chi connectivity index (χ3n) is 4.27. The topological polar surface area (TPSA) is 24.5 Å². The number of hydrogen-bond donors (Lipinski definition) is 1. The maximum atomic E-state index is 5.39. The van der Waals surface area contributed by atoms with Crippen molar-refractivity contribution >= 4 is 0 Å². The van der Waals surface area contributed by atoms with Crippen LogP contribution in [0.15, 0.2) is 0 Å². The van der Waals surface area contributed by atoms with Gasteiger partial charge in [0, 0.05) is 25.2 Å². The molecule has 94 valence electrons. The molecular weight excluding hydrogens is 200 g/mol. The third-order valence-corrected chi connectivity index (χ3v) is 4.27. The number of hydrogen-bond acceptors (Lipinski definition) is 3. The number of nitrogens with zero attached hydrogens (tertiary/aromatic N) is 1. The fourth-order valence-electron chi connectivity index (χ4n) is 2.92. The summed E-state index contributed by atoms with van der Waals surface area (Å²) in [7, 11) is 0. The molecule has 0 aliphatic carbocycles. The molecule has 0 aromatic carbocycles. The molecule has 0 bridgehead atoms. The SMILES string of the molecule is CCC1(CCN2CCOCC2)CCCCN1. The minimum absolute atomic E-state index is 0.441. The van der Waals surface area contributed by atoms with Crippen LogP contribution in [0.2, 0.25) is 0 Å². The zero-order valence-electron chi connectivity index (χ0n) is 10.6. The van der Waals surface area contributed by atoms with E-state index in [9.17, 15) is 0 Å². The molecule has 2 fully saturated rings. The van der Waals surface area contributed by atoms with E-state index in [1.807, 2.05) is 0 Å². The van der Waals surface area contributed by atoms with E-state index in [0.717, 1.165) is 26.3 Å². The van der Waals surface area contributed by atoms with Crippen molar-refractivity contribution in [1.82, 2.24) is 10.2 Å². The van der Waals surface area contributed by atoms with Gasteiger partial charge in [-0.1, -0.05) is 13.3 Å². The first-order chi connectivity index (χ1) is 7.85. The minimum Gasteiger partial charge on any atom is -0.379 e. The summed E-state index contributed by atoms with van der Waals surface area (Å²) < 4.78 is 5.39. The fourth-order valence-corrected chi connectivity index (χ4v) is 2.92. The van der Waals surface area contributed by atoms with Crippen molar-refractivity contribution in [3.05, 3.63) is 0 Å².